The Morgan fingerprint density at radius 3 is 1.75 bits per heavy atom. The predicted octanol–water partition coefficient (Wildman–Crippen LogP) is 3.24. The summed E-state index contributed by atoms with van der Waals surface area (Å²) in [6, 6.07) is 24.4. The summed E-state index contributed by atoms with van der Waals surface area (Å²) in [5, 5.41) is 10.5. The highest BCUT2D eigenvalue weighted by molar-refractivity contribution is 5.92. The van der Waals surface area contributed by atoms with Crippen molar-refractivity contribution in [3.8, 4) is 0 Å². The molecule has 0 amide bonds. The second-order valence-electron chi connectivity index (χ2n) is 8.27. The van der Waals surface area contributed by atoms with Crippen molar-refractivity contribution in [2.24, 2.45) is 5.92 Å². The summed E-state index contributed by atoms with van der Waals surface area (Å²) in [5.41, 5.74) is 0.729. The number of hydrogen-bond acceptors (Lipinski definition) is 8. The number of benzene rings is 3. The molecule has 1 saturated carbocycles. The van der Waals surface area contributed by atoms with Gasteiger partial charge in [-0.3, -0.25) is 4.79 Å². The van der Waals surface area contributed by atoms with Crippen molar-refractivity contribution in [3.05, 3.63) is 108 Å². The molecule has 3 aromatic carbocycles. The van der Waals surface area contributed by atoms with Gasteiger partial charge in [0.15, 0.2) is 0 Å². The average Bonchev–Trinajstić information content (AvgIpc) is 3.19. The molecule has 0 saturated heterocycles. The van der Waals surface area contributed by atoms with Crippen molar-refractivity contribution in [3.63, 3.8) is 0 Å². The van der Waals surface area contributed by atoms with E-state index in [4.69, 9.17) is 14.2 Å². The molecule has 0 aliphatic heterocycles. The first-order valence-electron chi connectivity index (χ1n) is 11.4. The quantitative estimate of drug-likeness (QED) is 0.380. The van der Waals surface area contributed by atoms with Crippen LogP contribution in [0.2, 0.25) is 0 Å². The van der Waals surface area contributed by atoms with Gasteiger partial charge >= 0.3 is 17.9 Å². The number of ether oxygens (including phenoxy) is 3. The third-order valence-electron chi connectivity index (χ3n) is 5.82. The van der Waals surface area contributed by atoms with Crippen LogP contribution in [0.25, 0.3) is 0 Å². The highest BCUT2D eigenvalue weighted by atomic mass is 16.6. The molecule has 184 valence electrons. The normalized spacial score (nSPS) is 19.8. The van der Waals surface area contributed by atoms with Crippen LogP contribution in [0.4, 0.5) is 0 Å². The monoisotopic (exact) mass is 488 g/mol. The number of esters is 3. The zero-order chi connectivity index (χ0) is 25.5. The van der Waals surface area contributed by atoms with Crippen LogP contribution < -0.4 is 0 Å². The summed E-state index contributed by atoms with van der Waals surface area (Å²) in [4.78, 5) is 50.9. The van der Waals surface area contributed by atoms with Crippen molar-refractivity contribution in [1.82, 2.24) is 0 Å². The summed E-state index contributed by atoms with van der Waals surface area (Å²) in [5.74, 6) is -3.88. The van der Waals surface area contributed by atoms with Gasteiger partial charge in [-0.2, -0.15) is 0 Å². The van der Waals surface area contributed by atoms with Crippen LogP contribution in [0.5, 0.6) is 0 Å². The minimum Gasteiger partial charge on any atom is -0.458 e. The predicted molar refractivity (Wildman–Crippen MR) is 127 cm³/mol. The third kappa shape index (κ3) is 5.84. The van der Waals surface area contributed by atoms with Gasteiger partial charge in [-0.05, 0) is 36.4 Å². The molecule has 8 nitrogen and oxygen atoms in total. The highest BCUT2D eigenvalue weighted by Crippen LogP contribution is 2.32. The van der Waals surface area contributed by atoms with Crippen molar-refractivity contribution in [2.75, 3.05) is 6.61 Å². The maximum absolute atomic E-state index is 12.9. The number of carbonyl (C=O) groups is 4. The van der Waals surface area contributed by atoms with E-state index in [9.17, 15) is 24.3 Å². The van der Waals surface area contributed by atoms with E-state index in [1.807, 2.05) is 0 Å². The fraction of sp³-hybridized carbons (Fsp3) is 0.214. The fourth-order valence-electron chi connectivity index (χ4n) is 4.02. The maximum Gasteiger partial charge on any atom is 0.338 e. The molecule has 4 rings (SSSR count). The maximum atomic E-state index is 12.9. The van der Waals surface area contributed by atoms with Crippen molar-refractivity contribution in [1.29, 1.82) is 0 Å². The molecule has 0 spiro atoms. The third-order valence-corrected chi connectivity index (χ3v) is 5.82. The van der Waals surface area contributed by atoms with E-state index in [0.717, 1.165) is 0 Å². The smallest absolute Gasteiger partial charge is 0.338 e. The Morgan fingerprint density at radius 2 is 1.22 bits per heavy atom. The van der Waals surface area contributed by atoms with E-state index >= 15 is 0 Å². The van der Waals surface area contributed by atoms with E-state index in [2.05, 4.69) is 0 Å². The standard InChI is InChI=1S/C28H24O8/c29-21-16-22(30)25(36-28(33)20-14-8-3-9-15-20)24(21)23(35-27(32)19-12-6-2-7-13-19)17-34-26(31)18-10-4-1-5-11-18/h1-15,22-25,30H,16-17H2/t22-,23+,24-,25+/m0/s1. The lowest BCUT2D eigenvalue weighted by atomic mass is 9.97. The number of ketones is 1. The molecule has 36 heavy (non-hydrogen) atoms. The lowest BCUT2D eigenvalue weighted by molar-refractivity contribution is -0.128. The van der Waals surface area contributed by atoms with E-state index in [-0.39, 0.29) is 23.1 Å². The molecule has 3 aromatic rings. The number of hydrogen-bond donors (Lipinski definition) is 1. The molecule has 0 unspecified atom stereocenters. The van der Waals surface area contributed by atoms with E-state index < -0.39 is 54.5 Å². The van der Waals surface area contributed by atoms with Crippen LogP contribution in [-0.2, 0) is 19.0 Å². The zero-order valence-electron chi connectivity index (χ0n) is 19.2. The Kier molecular flexibility index (Phi) is 7.87. The average molecular weight is 488 g/mol. The summed E-state index contributed by atoms with van der Waals surface area (Å²) in [7, 11) is 0. The number of Topliss-reactive ketones (excluding diaryl/α,β-unsaturated/α-hetero) is 1. The molecule has 4 atom stereocenters. The molecule has 1 N–H and O–H groups in total. The molecule has 1 aliphatic carbocycles. The Labute approximate surface area is 207 Å². The van der Waals surface area contributed by atoms with Gasteiger partial charge in [0.2, 0.25) is 0 Å². The van der Waals surface area contributed by atoms with Crippen LogP contribution in [0.1, 0.15) is 37.5 Å². The molecular formula is C28H24O8. The van der Waals surface area contributed by atoms with E-state index in [0.29, 0.717) is 0 Å². The Hall–Kier alpha value is -4.30. The first-order valence-corrected chi connectivity index (χ1v) is 11.4. The van der Waals surface area contributed by atoms with E-state index in [1.54, 1.807) is 66.7 Å². The number of rotatable bonds is 8. The van der Waals surface area contributed by atoms with Crippen molar-refractivity contribution >= 4 is 23.7 Å². The second kappa shape index (κ2) is 11.4. The molecule has 0 bridgehead atoms. The zero-order valence-corrected chi connectivity index (χ0v) is 19.2. The van der Waals surface area contributed by atoms with Gasteiger partial charge in [-0.15, -0.1) is 0 Å². The molecule has 1 aliphatic rings. The Morgan fingerprint density at radius 1 is 0.750 bits per heavy atom. The van der Waals surface area contributed by atoms with Gasteiger partial charge in [0.05, 0.1) is 28.7 Å². The van der Waals surface area contributed by atoms with Gasteiger partial charge in [0, 0.05) is 6.42 Å². The van der Waals surface area contributed by atoms with Crippen LogP contribution in [0.15, 0.2) is 91.0 Å². The summed E-state index contributed by atoms with van der Waals surface area (Å²) >= 11 is 0. The second-order valence-corrected chi connectivity index (χ2v) is 8.27. The van der Waals surface area contributed by atoms with Gasteiger partial charge < -0.3 is 19.3 Å². The molecular weight excluding hydrogens is 464 g/mol. The van der Waals surface area contributed by atoms with Gasteiger partial charge in [0.1, 0.15) is 24.6 Å². The first-order chi connectivity index (χ1) is 17.4. The molecule has 8 heteroatoms. The number of aliphatic hydroxyl groups is 1. The van der Waals surface area contributed by atoms with Crippen LogP contribution in [-0.4, -0.2) is 53.7 Å². The first kappa shape index (κ1) is 24.8. The highest BCUT2D eigenvalue weighted by Gasteiger charge is 2.50. The van der Waals surface area contributed by atoms with E-state index in [1.165, 1.54) is 24.3 Å². The number of aliphatic hydroxyl groups excluding tert-OH is 1. The van der Waals surface area contributed by atoms with Crippen molar-refractivity contribution < 1.29 is 38.5 Å². The van der Waals surface area contributed by atoms with Crippen LogP contribution in [0, 0.1) is 5.92 Å². The minimum absolute atomic E-state index is 0.223. The largest absolute Gasteiger partial charge is 0.458 e. The molecule has 0 aromatic heterocycles. The Bertz CT molecular complexity index is 1210. The lowest BCUT2D eigenvalue weighted by Gasteiger charge is -2.28. The van der Waals surface area contributed by atoms with Gasteiger partial charge in [-0.1, -0.05) is 54.6 Å². The Balaban J connectivity index is 1.57. The van der Waals surface area contributed by atoms with Gasteiger partial charge in [0.25, 0.3) is 0 Å². The van der Waals surface area contributed by atoms with Crippen LogP contribution >= 0.6 is 0 Å². The topological polar surface area (TPSA) is 116 Å². The molecule has 0 radical (unpaired) electrons. The molecule has 0 heterocycles. The van der Waals surface area contributed by atoms with Crippen LogP contribution in [0.3, 0.4) is 0 Å². The van der Waals surface area contributed by atoms with Gasteiger partial charge in [-0.25, -0.2) is 14.4 Å². The number of carbonyl (C=O) groups excluding carboxylic acids is 4. The SMILES string of the molecule is O=C(OC[C@@H](OC(=O)c1ccccc1)[C@@H]1C(=O)C[C@H](O)[C@H]1OC(=O)c1ccccc1)c1ccccc1. The molecule has 1 fully saturated rings. The summed E-state index contributed by atoms with van der Waals surface area (Å²) < 4.78 is 16.5. The summed E-state index contributed by atoms with van der Waals surface area (Å²) in [6.07, 6.45) is -4.21. The fourth-order valence-corrected chi connectivity index (χ4v) is 4.02. The minimum atomic E-state index is -1.31. The lowest BCUT2D eigenvalue weighted by Crippen LogP contribution is -2.43. The summed E-state index contributed by atoms with van der Waals surface area (Å²) in [6.45, 7) is -0.477. The van der Waals surface area contributed by atoms with Crippen molar-refractivity contribution in [2.45, 2.75) is 24.7 Å².